The van der Waals surface area contributed by atoms with Crippen LogP contribution in [0.4, 0.5) is 0 Å². The van der Waals surface area contributed by atoms with E-state index < -0.39 is 30.2 Å². The van der Waals surface area contributed by atoms with Crippen LogP contribution in [0.5, 0.6) is 0 Å². The monoisotopic (exact) mass is 451 g/mol. The summed E-state index contributed by atoms with van der Waals surface area (Å²) < 4.78 is 5.09. The zero-order valence-electron chi connectivity index (χ0n) is 17.5. The molecule has 0 spiro atoms. The Labute approximate surface area is 188 Å². The van der Waals surface area contributed by atoms with E-state index >= 15 is 0 Å². The maximum absolute atomic E-state index is 12.9. The molecule has 9 heteroatoms. The Bertz CT molecular complexity index is 1140. The summed E-state index contributed by atoms with van der Waals surface area (Å²) in [7, 11) is 0. The topological polar surface area (TPSA) is 117 Å². The van der Waals surface area contributed by atoms with E-state index in [9.17, 15) is 24.4 Å². The van der Waals surface area contributed by atoms with E-state index in [1.165, 1.54) is 34.4 Å². The molecule has 1 aromatic heterocycles. The number of aryl methyl sites for hydroxylation is 1. The predicted molar refractivity (Wildman–Crippen MR) is 114 cm³/mol. The quantitative estimate of drug-likeness (QED) is 0.488. The number of Topliss-reactive ketones (excluding diaryl/α,β-unsaturated/α-hetero) is 1. The van der Waals surface area contributed by atoms with Gasteiger partial charge in [-0.1, -0.05) is 19.3 Å². The number of thiazole rings is 1. The third kappa shape index (κ3) is 4.06. The van der Waals surface area contributed by atoms with Gasteiger partial charge in [-0.25, -0.2) is 9.78 Å². The average molecular weight is 452 g/mol. The van der Waals surface area contributed by atoms with Crippen LogP contribution in [-0.4, -0.2) is 46.1 Å². The number of esters is 1. The van der Waals surface area contributed by atoms with E-state index in [1.807, 2.05) is 6.07 Å². The summed E-state index contributed by atoms with van der Waals surface area (Å²) in [6.45, 7) is 1.17. The van der Waals surface area contributed by atoms with Gasteiger partial charge in [-0.15, -0.1) is 11.3 Å². The SMILES string of the molecule is Cc1csc([C@H](C#N)C(=O)COC(=O)c2ccc3c(c2)C(=O)N(C2CCCCC2)C3=O)n1. The lowest BCUT2D eigenvalue weighted by atomic mass is 9.94. The molecule has 164 valence electrons. The van der Waals surface area contributed by atoms with Crippen LogP contribution in [0.3, 0.4) is 0 Å². The number of aromatic nitrogens is 1. The van der Waals surface area contributed by atoms with Crippen LogP contribution in [0.1, 0.15) is 79.8 Å². The van der Waals surface area contributed by atoms with Crippen molar-refractivity contribution >= 4 is 34.9 Å². The number of hydrogen-bond donors (Lipinski definition) is 0. The summed E-state index contributed by atoms with van der Waals surface area (Å²) in [5.41, 5.74) is 1.22. The van der Waals surface area contributed by atoms with Crippen LogP contribution in [-0.2, 0) is 9.53 Å². The lowest BCUT2D eigenvalue weighted by molar-refractivity contribution is -0.122. The first-order chi connectivity index (χ1) is 15.4. The van der Waals surface area contributed by atoms with Gasteiger partial charge in [0.15, 0.2) is 18.3 Å². The van der Waals surface area contributed by atoms with E-state index in [2.05, 4.69) is 4.98 Å². The molecule has 1 fully saturated rings. The van der Waals surface area contributed by atoms with Crippen molar-refractivity contribution in [2.24, 2.45) is 0 Å². The van der Waals surface area contributed by atoms with Crippen molar-refractivity contribution < 1.29 is 23.9 Å². The summed E-state index contributed by atoms with van der Waals surface area (Å²) >= 11 is 1.20. The van der Waals surface area contributed by atoms with E-state index in [0.717, 1.165) is 32.1 Å². The molecule has 2 heterocycles. The maximum atomic E-state index is 12.9. The van der Waals surface area contributed by atoms with Crippen molar-refractivity contribution in [3.8, 4) is 6.07 Å². The van der Waals surface area contributed by atoms with Crippen LogP contribution in [0.25, 0.3) is 0 Å². The van der Waals surface area contributed by atoms with Gasteiger partial charge >= 0.3 is 5.97 Å². The highest BCUT2D eigenvalue weighted by Gasteiger charge is 2.40. The number of ether oxygens (including phenoxy) is 1. The molecule has 0 unspecified atom stereocenters. The number of rotatable bonds is 6. The van der Waals surface area contributed by atoms with Gasteiger partial charge in [0.25, 0.3) is 11.8 Å². The third-order valence-electron chi connectivity index (χ3n) is 5.77. The van der Waals surface area contributed by atoms with Gasteiger partial charge in [0.05, 0.1) is 22.8 Å². The van der Waals surface area contributed by atoms with Gasteiger partial charge in [0.2, 0.25) is 0 Å². The van der Waals surface area contributed by atoms with Crippen molar-refractivity contribution in [2.75, 3.05) is 6.61 Å². The minimum atomic E-state index is -1.11. The Hall–Kier alpha value is -3.38. The molecular formula is C23H21N3O5S. The number of nitriles is 1. The highest BCUT2D eigenvalue weighted by atomic mass is 32.1. The van der Waals surface area contributed by atoms with E-state index in [4.69, 9.17) is 4.74 Å². The molecule has 0 radical (unpaired) electrons. The van der Waals surface area contributed by atoms with Gasteiger partial charge in [-0.05, 0) is 38.0 Å². The van der Waals surface area contributed by atoms with Gasteiger partial charge in [0, 0.05) is 17.1 Å². The normalized spacial score (nSPS) is 17.1. The Morgan fingerprint density at radius 2 is 1.94 bits per heavy atom. The largest absolute Gasteiger partial charge is 0.454 e. The van der Waals surface area contributed by atoms with Crippen LogP contribution in [0.2, 0.25) is 0 Å². The van der Waals surface area contributed by atoms with Crippen LogP contribution in [0, 0.1) is 18.3 Å². The first-order valence-corrected chi connectivity index (χ1v) is 11.3. The maximum Gasteiger partial charge on any atom is 0.338 e. The molecule has 1 aliphatic carbocycles. The number of imide groups is 1. The molecule has 4 rings (SSSR count). The zero-order chi connectivity index (χ0) is 22.8. The predicted octanol–water partition coefficient (Wildman–Crippen LogP) is 3.41. The standard InChI is InChI=1S/C23H21N3O5S/c1-13-12-32-20(25-13)18(10-24)19(27)11-31-23(30)14-7-8-16-17(9-14)22(29)26(21(16)28)15-5-3-2-4-6-15/h7-9,12,15,18H,2-6,11H2,1H3/t18-/m1/s1. The molecule has 1 aliphatic heterocycles. The fourth-order valence-electron chi connectivity index (χ4n) is 4.13. The number of amides is 2. The van der Waals surface area contributed by atoms with Crippen LogP contribution in [0.15, 0.2) is 23.6 Å². The first-order valence-electron chi connectivity index (χ1n) is 10.4. The molecule has 1 atom stereocenters. The Morgan fingerprint density at radius 3 is 2.59 bits per heavy atom. The number of carbonyl (C=O) groups excluding carboxylic acids is 4. The molecule has 2 aliphatic rings. The fraction of sp³-hybridized carbons (Fsp3) is 0.391. The second kappa shape index (κ2) is 9.01. The summed E-state index contributed by atoms with van der Waals surface area (Å²) in [6, 6.07) is 5.99. The van der Waals surface area contributed by atoms with E-state index in [-0.39, 0.29) is 28.6 Å². The number of benzene rings is 1. The minimum Gasteiger partial charge on any atom is -0.454 e. The Kier molecular flexibility index (Phi) is 6.15. The molecule has 0 N–H and O–H groups in total. The highest BCUT2D eigenvalue weighted by molar-refractivity contribution is 7.09. The molecule has 0 bridgehead atoms. The summed E-state index contributed by atoms with van der Waals surface area (Å²) in [6.07, 6.45) is 4.65. The lowest BCUT2D eigenvalue weighted by Crippen LogP contribution is -2.40. The molecule has 1 saturated carbocycles. The third-order valence-corrected chi connectivity index (χ3v) is 6.80. The second-order valence-corrected chi connectivity index (χ2v) is 8.85. The molecule has 2 aromatic rings. The molecular weight excluding hydrogens is 430 g/mol. The molecule has 2 amide bonds. The Balaban J connectivity index is 1.44. The van der Waals surface area contributed by atoms with Gasteiger partial charge < -0.3 is 4.74 Å². The number of ketones is 1. The van der Waals surface area contributed by atoms with Gasteiger partial charge in [-0.2, -0.15) is 5.26 Å². The van der Waals surface area contributed by atoms with Crippen molar-refractivity contribution in [1.29, 1.82) is 5.26 Å². The molecule has 0 saturated heterocycles. The number of fused-ring (bicyclic) bond motifs is 1. The van der Waals surface area contributed by atoms with Crippen molar-refractivity contribution in [1.82, 2.24) is 9.88 Å². The van der Waals surface area contributed by atoms with Crippen molar-refractivity contribution in [3.05, 3.63) is 51.0 Å². The number of hydrogen-bond acceptors (Lipinski definition) is 8. The highest BCUT2D eigenvalue weighted by Crippen LogP contribution is 2.31. The van der Waals surface area contributed by atoms with Crippen molar-refractivity contribution in [3.63, 3.8) is 0 Å². The van der Waals surface area contributed by atoms with E-state index in [1.54, 1.807) is 12.3 Å². The second-order valence-electron chi connectivity index (χ2n) is 7.96. The average Bonchev–Trinajstić information content (AvgIpc) is 3.33. The fourth-order valence-corrected chi connectivity index (χ4v) is 4.99. The summed E-state index contributed by atoms with van der Waals surface area (Å²) in [4.78, 5) is 56.0. The smallest absolute Gasteiger partial charge is 0.338 e. The first kappa shape index (κ1) is 21.8. The van der Waals surface area contributed by atoms with Crippen molar-refractivity contribution in [2.45, 2.75) is 51.0 Å². The lowest BCUT2D eigenvalue weighted by Gasteiger charge is -2.29. The molecule has 32 heavy (non-hydrogen) atoms. The Morgan fingerprint density at radius 1 is 1.22 bits per heavy atom. The molecule has 8 nitrogen and oxygen atoms in total. The summed E-state index contributed by atoms with van der Waals surface area (Å²) in [5.74, 6) is -3.21. The number of nitrogens with zero attached hydrogens (tertiary/aromatic N) is 3. The molecule has 1 aromatic carbocycles. The zero-order valence-corrected chi connectivity index (χ0v) is 18.3. The number of carbonyl (C=O) groups is 4. The summed E-state index contributed by atoms with van der Waals surface area (Å²) in [5, 5.41) is 11.4. The van der Waals surface area contributed by atoms with Gasteiger partial charge in [0.1, 0.15) is 5.01 Å². The van der Waals surface area contributed by atoms with E-state index in [0.29, 0.717) is 10.7 Å². The minimum absolute atomic E-state index is 0.0711. The van der Waals surface area contributed by atoms with Crippen LogP contribution < -0.4 is 0 Å². The van der Waals surface area contributed by atoms with Gasteiger partial charge in [-0.3, -0.25) is 19.3 Å². The van der Waals surface area contributed by atoms with Crippen LogP contribution >= 0.6 is 11.3 Å².